The highest BCUT2D eigenvalue weighted by atomic mass is 19.1. The Hall–Kier alpha value is -2.21. The quantitative estimate of drug-likeness (QED) is 0.853. The summed E-state index contributed by atoms with van der Waals surface area (Å²) in [6.45, 7) is 4.11. The Bertz CT molecular complexity index is 570. The number of halogens is 1. The van der Waals surface area contributed by atoms with E-state index in [1.807, 2.05) is 13.8 Å². The third kappa shape index (κ3) is 5.00. The zero-order chi connectivity index (χ0) is 15.2. The van der Waals surface area contributed by atoms with Gasteiger partial charge in [-0.05, 0) is 38.1 Å². The molecule has 0 aliphatic rings. The lowest BCUT2D eigenvalue weighted by Crippen LogP contribution is -2.26. The number of nitrogens with one attached hydrogen (secondary N) is 1. The Morgan fingerprint density at radius 2 is 1.95 bits per heavy atom. The van der Waals surface area contributed by atoms with Gasteiger partial charge in [0.05, 0.1) is 0 Å². The number of anilines is 1. The zero-order valence-corrected chi connectivity index (χ0v) is 12.0. The van der Waals surface area contributed by atoms with Crippen molar-refractivity contribution in [2.45, 2.75) is 20.0 Å². The van der Waals surface area contributed by atoms with Gasteiger partial charge in [-0.15, -0.1) is 0 Å². The molecule has 112 valence electrons. The van der Waals surface area contributed by atoms with Gasteiger partial charge in [0, 0.05) is 18.3 Å². The van der Waals surface area contributed by atoms with Crippen LogP contribution < -0.4 is 10.1 Å². The number of hydrogen-bond donors (Lipinski definition) is 2. The molecule has 2 aromatic rings. The van der Waals surface area contributed by atoms with E-state index >= 15 is 0 Å². The molecule has 0 saturated carbocycles. The van der Waals surface area contributed by atoms with E-state index < -0.39 is 6.10 Å². The van der Waals surface area contributed by atoms with Crippen molar-refractivity contribution in [3.8, 4) is 5.75 Å². The number of hydrogen-bond acceptors (Lipinski definition) is 5. The van der Waals surface area contributed by atoms with Gasteiger partial charge in [-0.1, -0.05) is 0 Å². The number of rotatable bonds is 6. The number of benzene rings is 1. The summed E-state index contributed by atoms with van der Waals surface area (Å²) in [6, 6.07) is 7.47. The SMILES string of the molecule is Cc1cc(NCC(O)COc2ccc(F)cc2)nc(C)n1. The third-order valence-corrected chi connectivity index (χ3v) is 2.74. The molecule has 0 bridgehead atoms. The first-order valence-electron chi connectivity index (χ1n) is 6.65. The number of aliphatic hydroxyl groups is 1. The Morgan fingerprint density at radius 1 is 1.24 bits per heavy atom. The average Bonchev–Trinajstić information content (AvgIpc) is 2.43. The van der Waals surface area contributed by atoms with E-state index in [1.165, 1.54) is 24.3 Å². The second-order valence-corrected chi connectivity index (χ2v) is 4.74. The summed E-state index contributed by atoms with van der Waals surface area (Å²) in [6.07, 6.45) is -0.703. The fourth-order valence-electron chi connectivity index (χ4n) is 1.81. The predicted molar refractivity (Wildman–Crippen MR) is 77.9 cm³/mol. The minimum atomic E-state index is -0.703. The first-order valence-corrected chi connectivity index (χ1v) is 6.65. The largest absolute Gasteiger partial charge is 0.491 e. The fraction of sp³-hybridized carbons (Fsp3) is 0.333. The minimum Gasteiger partial charge on any atom is -0.491 e. The zero-order valence-electron chi connectivity index (χ0n) is 12.0. The van der Waals surface area contributed by atoms with E-state index in [1.54, 1.807) is 6.07 Å². The molecule has 0 radical (unpaired) electrons. The van der Waals surface area contributed by atoms with Crippen LogP contribution in [0.3, 0.4) is 0 Å². The van der Waals surface area contributed by atoms with Crippen LogP contribution in [0.15, 0.2) is 30.3 Å². The fourth-order valence-corrected chi connectivity index (χ4v) is 1.81. The van der Waals surface area contributed by atoms with Gasteiger partial charge in [0.2, 0.25) is 0 Å². The highest BCUT2D eigenvalue weighted by Gasteiger charge is 2.06. The maximum atomic E-state index is 12.7. The standard InChI is InChI=1S/C15H18FN3O2/c1-10-7-15(19-11(2)18-10)17-8-13(20)9-21-14-5-3-12(16)4-6-14/h3-7,13,20H,8-9H2,1-2H3,(H,17,18,19). The molecule has 0 fully saturated rings. The molecule has 0 saturated heterocycles. The van der Waals surface area contributed by atoms with Crippen LogP contribution in [0, 0.1) is 19.7 Å². The maximum absolute atomic E-state index is 12.7. The average molecular weight is 291 g/mol. The summed E-state index contributed by atoms with van der Waals surface area (Å²) >= 11 is 0. The Morgan fingerprint density at radius 3 is 2.62 bits per heavy atom. The van der Waals surface area contributed by atoms with Crippen molar-refractivity contribution >= 4 is 5.82 Å². The van der Waals surface area contributed by atoms with Crippen molar-refractivity contribution in [2.24, 2.45) is 0 Å². The monoisotopic (exact) mass is 291 g/mol. The van der Waals surface area contributed by atoms with Crippen LogP contribution >= 0.6 is 0 Å². The van der Waals surface area contributed by atoms with E-state index in [0.29, 0.717) is 23.9 Å². The molecular weight excluding hydrogens is 273 g/mol. The molecule has 0 amide bonds. The predicted octanol–water partition coefficient (Wildman–Crippen LogP) is 2.08. The Balaban J connectivity index is 1.79. The summed E-state index contributed by atoms with van der Waals surface area (Å²) in [7, 11) is 0. The lowest BCUT2D eigenvalue weighted by molar-refractivity contribution is 0.117. The molecule has 1 aromatic heterocycles. The van der Waals surface area contributed by atoms with Crippen LogP contribution in [0.5, 0.6) is 5.75 Å². The third-order valence-electron chi connectivity index (χ3n) is 2.74. The van der Waals surface area contributed by atoms with Crippen molar-refractivity contribution in [3.05, 3.63) is 47.7 Å². The van der Waals surface area contributed by atoms with E-state index in [2.05, 4.69) is 15.3 Å². The van der Waals surface area contributed by atoms with Gasteiger partial charge in [-0.2, -0.15) is 0 Å². The number of ether oxygens (including phenoxy) is 1. The second-order valence-electron chi connectivity index (χ2n) is 4.74. The van der Waals surface area contributed by atoms with Gasteiger partial charge >= 0.3 is 0 Å². The summed E-state index contributed by atoms with van der Waals surface area (Å²) in [5, 5.41) is 12.9. The molecule has 0 aliphatic heterocycles. The molecule has 2 N–H and O–H groups in total. The number of aromatic nitrogens is 2. The highest BCUT2D eigenvalue weighted by molar-refractivity contribution is 5.35. The molecular formula is C15H18FN3O2. The smallest absolute Gasteiger partial charge is 0.130 e. The van der Waals surface area contributed by atoms with E-state index in [-0.39, 0.29) is 12.4 Å². The number of nitrogens with zero attached hydrogens (tertiary/aromatic N) is 2. The van der Waals surface area contributed by atoms with Crippen LogP contribution in [0.4, 0.5) is 10.2 Å². The van der Waals surface area contributed by atoms with Gasteiger partial charge in [0.15, 0.2) is 0 Å². The molecule has 6 heteroatoms. The molecule has 0 spiro atoms. The van der Waals surface area contributed by atoms with Crippen molar-refractivity contribution in [2.75, 3.05) is 18.5 Å². The Kier molecular flexibility index (Phi) is 5.05. The molecule has 2 rings (SSSR count). The van der Waals surface area contributed by atoms with Crippen molar-refractivity contribution in [3.63, 3.8) is 0 Å². The van der Waals surface area contributed by atoms with E-state index in [0.717, 1.165) is 5.69 Å². The van der Waals surface area contributed by atoms with Gasteiger partial charge in [0.1, 0.15) is 35.9 Å². The molecule has 5 nitrogen and oxygen atoms in total. The summed E-state index contributed by atoms with van der Waals surface area (Å²) < 4.78 is 18.1. The molecule has 0 aliphatic carbocycles. The van der Waals surface area contributed by atoms with Gasteiger partial charge in [-0.3, -0.25) is 0 Å². The van der Waals surface area contributed by atoms with Gasteiger partial charge in [0.25, 0.3) is 0 Å². The first kappa shape index (κ1) is 15.2. The summed E-state index contributed by atoms with van der Waals surface area (Å²) in [4.78, 5) is 8.39. The maximum Gasteiger partial charge on any atom is 0.130 e. The van der Waals surface area contributed by atoms with Gasteiger partial charge in [-0.25, -0.2) is 14.4 Å². The van der Waals surface area contributed by atoms with Crippen LogP contribution in [-0.2, 0) is 0 Å². The van der Waals surface area contributed by atoms with Crippen LogP contribution in [0.2, 0.25) is 0 Å². The van der Waals surface area contributed by atoms with Crippen LogP contribution in [-0.4, -0.2) is 34.3 Å². The molecule has 1 heterocycles. The topological polar surface area (TPSA) is 67.3 Å². The van der Waals surface area contributed by atoms with Crippen molar-refractivity contribution in [1.29, 1.82) is 0 Å². The molecule has 1 atom stereocenters. The lowest BCUT2D eigenvalue weighted by atomic mass is 10.3. The number of aliphatic hydroxyl groups excluding tert-OH is 1. The normalized spacial score (nSPS) is 12.0. The summed E-state index contributed by atoms with van der Waals surface area (Å²) in [5.74, 6) is 1.54. The second kappa shape index (κ2) is 6.99. The van der Waals surface area contributed by atoms with Crippen LogP contribution in [0.25, 0.3) is 0 Å². The van der Waals surface area contributed by atoms with Crippen molar-refractivity contribution in [1.82, 2.24) is 9.97 Å². The van der Waals surface area contributed by atoms with Gasteiger partial charge < -0.3 is 15.2 Å². The lowest BCUT2D eigenvalue weighted by Gasteiger charge is -2.14. The molecule has 21 heavy (non-hydrogen) atoms. The molecule has 1 aromatic carbocycles. The molecule has 1 unspecified atom stereocenters. The highest BCUT2D eigenvalue weighted by Crippen LogP contribution is 2.11. The van der Waals surface area contributed by atoms with Crippen molar-refractivity contribution < 1.29 is 14.2 Å². The minimum absolute atomic E-state index is 0.113. The first-order chi connectivity index (χ1) is 10.0. The van der Waals surface area contributed by atoms with E-state index in [4.69, 9.17) is 4.74 Å². The van der Waals surface area contributed by atoms with Crippen LogP contribution in [0.1, 0.15) is 11.5 Å². The summed E-state index contributed by atoms with van der Waals surface area (Å²) in [5.41, 5.74) is 0.863. The number of aryl methyl sites for hydroxylation is 2. The Labute approximate surface area is 122 Å². The van der Waals surface area contributed by atoms with E-state index in [9.17, 15) is 9.50 Å².